The molecule has 4 heteroatoms. The van der Waals surface area contributed by atoms with E-state index in [9.17, 15) is 4.79 Å². The standard InChI is InChI=1S/C17H17N3O/c1-3-12(2)13-4-6-14(7-5-13)17(21)15-8-10-16(11-9-15)19-20-18/h4-12H,3H2,1-2H3. The van der Waals surface area contributed by atoms with Gasteiger partial charge in [-0.15, -0.1) is 0 Å². The first kappa shape index (κ1) is 14.8. The van der Waals surface area contributed by atoms with Crippen LogP contribution in [0.5, 0.6) is 0 Å². The minimum absolute atomic E-state index is 0.0295. The monoisotopic (exact) mass is 279 g/mol. The molecule has 0 aliphatic carbocycles. The van der Waals surface area contributed by atoms with Gasteiger partial charge in [-0.3, -0.25) is 4.79 Å². The Balaban J connectivity index is 2.21. The van der Waals surface area contributed by atoms with Crippen molar-refractivity contribution in [3.05, 3.63) is 75.7 Å². The van der Waals surface area contributed by atoms with Gasteiger partial charge < -0.3 is 0 Å². The van der Waals surface area contributed by atoms with Crippen LogP contribution in [0.25, 0.3) is 10.4 Å². The molecule has 0 aliphatic heterocycles. The molecule has 1 unspecified atom stereocenters. The fourth-order valence-corrected chi connectivity index (χ4v) is 2.10. The largest absolute Gasteiger partial charge is 0.289 e. The van der Waals surface area contributed by atoms with Gasteiger partial charge in [0.15, 0.2) is 5.78 Å². The molecule has 21 heavy (non-hydrogen) atoms. The Morgan fingerprint density at radius 3 is 2.10 bits per heavy atom. The first-order valence-electron chi connectivity index (χ1n) is 6.95. The third kappa shape index (κ3) is 3.50. The van der Waals surface area contributed by atoms with Crippen molar-refractivity contribution in [1.29, 1.82) is 0 Å². The molecule has 0 heterocycles. The summed E-state index contributed by atoms with van der Waals surface area (Å²) in [6, 6.07) is 14.4. The Morgan fingerprint density at radius 2 is 1.62 bits per heavy atom. The van der Waals surface area contributed by atoms with Crippen LogP contribution >= 0.6 is 0 Å². The molecule has 2 rings (SSSR count). The van der Waals surface area contributed by atoms with Crippen molar-refractivity contribution in [2.45, 2.75) is 26.2 Å². The second-order valence-electron chi connectivity index (χ2n) is 5.00. The SMILES string of the molecule is CCC(C)c1ccc(C(=O)c2ccc(N=[N+]=[N-])cc2)cc1. The van der Waals surface area contributed by atoms with Crippen molar-refractivity contribution in [2.75, 3.05) is 0 Å². The first-order valence-corrected chi connectivity index (χ1v) is 6.95. The number of hydrogen-bond acceptors (Lipinski definition) is 2. The molecule has 2 aromatic rings. The van der Waals surface area contributed by atoms with Crippen LogP contribution in [0.3, 0.4) is 0 Å². The lowest BCUT2D eigenvalue weighted by molar-refractivity contribution is 0.103. The first-order chi connectivity index (χ1) is 10.2. The van der Waals surface area contributed by atoms with Gasteiger partial charge in [-0.2, -0.15) is 0 Å². The molecular formula is C17H17N3O. The van der Waals surface area contributed by atoms with Crippen LogP contribution in [-0.4, -0.2) is 5.78 Å². The molecule has 0 aliphatic rings. The number of ketones is 1. The number of carbonyl (C=O) groups excluding carboxylic acids is 1. The summed E-state index contributed by atoms with van der Waals surface area (Å²) >= 11 is 0. The summed E-state index contributed by atoms with van der Waals surface area (Å²) in [4.78, 5) is 15.1. The summed E-state index contributed by atoms with van der Waals surface area (Å²) in [7, 11) is 0. The minimum Gasteiger partial charge on any atom is -0.289 e. The Bertz CT molecular complexity index is 668. The second-order valence-corrected chi connectivity index (χ2v) is 5.00. The lowest BCUT2D eigenvalue weighted by Gasteiger charge is -2.09. The molecular weight excluding hydrogens is 262 g/mol. The van der Waals surface area contributed by atoms with E-state index in [1.54, 1.807) is 24.3 Å². The average molecular weight is 279 g/mol. The van der Waals surface area contributed by atoms with E-state index in [4.69, 9.17) is 5.53 Å². The molecule has 106 valence electrons. The number of hydrogen-bond donors (Lipinski definition) is 0. The van der Waals surface area contributed by atoms with Crippen molar-refractivity contribution in [2.24, 2.45) is 5.11 Å². The van der Waals surface area contributed by atoms with E-state index in [0.717, 1.165) is 6.42 Å². The molecule has 0 amide bonds. The highest BCUT2D eigenvalue weighted by Crippen LogP contribution is 2.21. The van der Waals surface area contributed by atoms with E-state index in [1.807, 2.05) is 24.3 Å². The van der Waals surface area contributed by atoms with Gasteiger partial charge in [0.05, 0.1) is 0 Å². The molecule has 0 saturated carbocycles. The highest BCUT2D eigenvalue weighted by molar-refractivity contribution is 6.09. The lowest BCUT2D eigenvalue weighted by atomic mass is 9.95. The van der Waals surface area contributed by atoms with E-state index in [0.29, 0.717) is 22.7 Å². The predicted molar refractivity (Wildman–Crippen MR) is 83.8 cm³/mol. The molecule has 2 aromatic carbocycles. The van der Waals surface area contributed by atoms with E-state index < -0.39 is 0 Å². The van der Waals surface area contributed by atoms with Gasteiger partial charge in [0.25, 0.3) is 0 Å². The van der Waals surface area contributed by atoms with Crippen LogP contribution in [0.15, 0.2) is 53.6 Å². The van der Waals surface area contributed by atoms with Crippen LogP contribution in [0.4, 0.5) is 5.69 Å². The third-order valence-electron chi connectivity index (χ3n) is 3.64. The van der Waals surface area contributed by atoms with Crippen LogP contribution in [0, 0.1) is 0 Å². The van der Waals surface area contributed by atoms with Crippen molar-refractivity contribution in [1.82, 2.24) is 0 Å². The summed E-state index contributed by atoms with van der Waals surface area (Å²) in [5.74, 6) is 0.468. The van der Waals surface area contributed by atoms with E-state index in [-0.39, 0.29) is 5.78 Å². The molecule has 0 saturated heterocycles. The molecule has 0 spiro atoms. The zero-order valence-corrected chi connectivity index (χ0v) is 12.2. The third-order valence-corrected chi connectivity index (χ3v) is 3.64. The molecule has 0 radical (unpaired) electrons. The maximum Gasteiger partial charge on any atom is 0.193 e. The van der Waals surface area contributed by atoms with Crippen LogP contribution in [0.1, 0.15) is 47.7 Å². The summed E-state index contributed by atoms with van der Waals surface area (Å²) in [5, 5.41) is 3.49. The predicted octanol–water partition coefficient (Wildman–Crippen LogP) is 5.37. The average Bonchev–Trinajstić information content (AvgIpc) is 2.54. The van der Waals surface area contributed by atoms with E-state index in [2.05, 4.69) is 23.9 Å². The van der Waals surface area contributed by atoms with Gasteiger partial charge in [0, 0.05) is 21.7 Å². The molecule has 0 N–H and O–H groups in total. The number of azide groups is 1. The smallest absolute Gasteiger partial charge is 0.193 e. The number of rotatable bonds is 5. The van der Waals surface area contributed by atoms with Gasteiger partial charge in [0.1, 0.15) is 0 Å². The highest BCUT2D eigenvalue weighted by atomic mass is 16.1. The van der Waals surface area contributed by atoms with Crippen LogP contribution in [-0.2, 0) is 0 Å². The zero-order chi connectivity index (χ0) is 15.2. The van der Waals surface area contributed by atoms with E-state index >= 15 is 0 Å². The van der Waals surface area contributed by atoms with Crippen molar-refractivity contribution < 1.29 is 4.79 Å². The van der Waals surface area contributed by atoms with Crippen molar-refractivity contribution in [3.8, 4) is 0 Å². The molecule has 0 aromatic heterocycles. The van der Waals surface area contributed by atoms with Crippen molar-refractivity contribution >= 4 is 11.5 Å². The number of benzene rings is 2. The van der Waals surface area contributed by atoms with Crippen LogP contribution < -0.4 is 0 Å². The Hall–Kier alpha value is -2.58. The lowest BCUT2D eigenvalue weighted by Crippen LogP contribution is -2.01. The number of nitrogens with zero attached hydrogens (tertiary/aromatic N) is 3. The maximum absolute atomic E-state index is 12.4. The summed E-state index contributed by atoms with van der Waals surface area (Å²) in [6.07, 6.45) is 1.08. The molecule has 0 bridgehead atoms. The maximum atomic E-state index is 12.4. The van der Waals surface area contributed by atoms with Gasteiger partial charge >= 0.3 is 0 Å². The van der Waals surface area contributed by atoms with Gasteiger partial charge in [-0.1, -0.05) is 67.5 Å². The normalized spacial score (nSPS) is 11.5. The fourth-order valence-electron chi connectivity index (χ4n) is 2.10. The highest BCUT2D eigenvalue weighted by Gasteiger charge is 2.10. The molecule has 1 atom stereocenters. The summed E-state index contributed by atoms with van der Waals surface area (Å²) < 4.78 is 0. The van der Waals surface area contributed by atoms with Gasteiger partial charge in [-0.25, -0.2) is 0 Å². The Kier molecular flexibility index (Phi) is 4.75. The van der Waals surface area contributed by atoms with Gasteiger partial charge in [0.2, 0.25) is 0 Å². The second kappa shape index (κ2) is 6.73. The van der Waals surface area contributed by atoms with Crippen molar-refractivity contribution in [3.63, 3.8) is 0 Å². The zero-order valence-electron chi connectivity index (χ0n) is 12.2. The quantitative estimate of drug-likeness (QED) is 0.314. The van der Waals surface area contributed by atoms with Gasteiger partial charge in [-0.05, 0) is 23.4 Å². The Morgan fingerprint density at radius 1 is 1.10 bits per heavy atom. The Labute approximate surface area is 124 Å². The number of carbonyl (C=O) groups is 1. The minimum atomic E-state index is -0.0295. The fraction of sp³-hybridized carbons (Fsp3) is 0.235. The summed E-state index contributed by atoms with van der Waals surface area (Å²) in [6.45, 7) is 4.32. The molecule has 0 fully saturated rings. The topological polar surface area (TPSA) is 65.8 Å². The van der Waals surface area contributed by atoms with E-state index in [1.165, 1.54) is 5.56 Å². The summed E-state index contributed by atoms with van der Waals surface area (Å²) in [5.41, 5.74) is 11.4. The molecule has 4 nitrogen and oxygen atoms in total. The van der Waals surface area contributed by atoms with Crippen LogP contribution in [0.2, 0.25) is 0 Å².